The van der Waals surface area contributed by atoms with Gasteiger partial charge in [0.2, 0.25) is 0 Å². The molecule has 8 heteroatoms. The molecule has 5 nitrogen and oxygen atoms in total. The molecule has 5 rings (SSSR count). The molecule has 0 radical (unpaired) electrons. The lowest BCUT2D eigenvalue weighted by Crippen LogP contribution is -2.49. The van der Waals surface area contributed by atoms with Crippen molar-refractivity contribution in [1.82, 2.24) is 14.8 Å². The van der Waals surface area contributed by atoms with E-state index in [1.807, 2.05) is 12.1 Å². The van der Waals surface area contributed by atoms with E-state index in [1.165, 1.54) is 23.1 Å². The van der Waals surface area contributed by atoms with E-state index in [-0.39, 0.29) is 0 Å². The first-order chi connectivity index (χ1) is 14.3. The molecule has 1 aromatic heterocycles. The van der Waals surface area contributed by atoms with Gasteiger partial charge in [0.15, 0.2) is 9.84 Å². The number of aromatic amines is 1. The van der Waals surface area contributed by atoms with Gasteiger partial charge in [-0.05, 0) is 54.8 Å². The van der Waals surface area contributed by atoms with E-state index >= 15 is 0 Å². The summed E-state index contributed by atoms with van der Waals surface area (Å²) < 4.78 is 23.3. The second-order valence-corrected chi connectivity index (χ2v) is 12.4. The number of halogens is 2. The summed E-state index contributed by atoms with van der Waals surface area (Å²) >= 11 is 12.6. The van der Waals surface area contributed by atoms with E-state index < -0.39 is 9.84 Å². The van der Waals surface area contributed by atoms with Crippen LogP contribution < -0.4 is 0 Å². The fraction of sp³-hybridized carbons (Fsp3) is 0.636. The number of hydrogen-bond acceptors (Lipinski definition) is 4. The predicted molar refractivity (Wildman–Crippen MR) is 124 cm³/mol. The summed E-state index contributed by atoms with van der Waals surface area (Å²) in [5.41, 5.74) is 3.88. The largest absolute Gasteiger partial charge is 0.358 e. The van der Waals surface area contributed by atoms with Gasteiger partial charge in [-0.1, -0.05) is 30.1 Å². The van der Waals surface area contributed by atoms with Crippen molar-refractivity contribution >= 4 is 43.9 Å². The molecule has 3 atom stereocenters. The Morgan fingerprint density at radius 3 is 2.53 bits per heavy atom. The number of piperidine rings is 1. The third kappa shape index (κ3) is 3.90. The van der Waals surface area contributed by atoms with Gasteiger partial charge in [0.25, 0.3) is 0 Å². The highest BCUT2D eigenvalue weighted by Gasteiger charge is 2.39. The molecule has 0 spiro atoms. The first-order valence-electron chi connectivity index (χ1n) is 11.0. The molecule has 2 aliphatic heterocycles. The van der Waals surface area contributed by atoms with Gasteiger partial charge in [-0.15, -0.1) is 0 Å². The predicted octanol–water partition coefficient (Wildman–Crippen LogP) is 3.80. The molecular weight excluding hydrogens is 441 g/mol. The van der Waals surface area contributed by atoms with Crippen molar-refractivity contribution in [2.24, 2.45) is 11.8 Å². The molecular formula is C22H29Cl2N3O2S. The smallest absolute Gasteiger partial charge is 0.152 e. The molecule has 2 aromatic rings. The lowest BCUT2D eigenvalue weighted by atomic mass is 9.68. The van der Waals surface area contributed by atoms with Crippen LogP contribution in [0, 0.1) is 11.8 Å². The first kappa shape index (κ1) is 21.1. The van der Waals surface area contributed by atoms with Crippen molar-refractivity contribution in [2.75, 3.05) is 50.8 Å². The van der Waals surface area contributed by atoms with Crippen LogP contribution in [-0.4, -0.2) is 74.0 Å². The third-order valence-corrected chi connectivity index (χ3v) is 9.92. The number of hydrogen-bond donors (Lipinski definition) is 1. The summed E-state index contributed by atoms with van der Waals surface area (Å²) in [4.78, 5) is 8.52. The minimum atomic E-state index is -2.80. The molecule has 164 valence electrons. The lowest BCUT2D eigenvalue weighted by Gasteiger charge is -2.45. The Labute approximate surface area is 188 Å². The molecule has 0 amide bonds. The number of aromatic nitrogens is 1. The molecule has 30 heavy (non-hydrogen) atoms. The minimum Gasteiger partial charge on any atom is -0.358 e. The second-order valence-electron chi connectivity index (χ2n) is 9.33. The van der Waals surface area contributed by atoms with Crippen molar-refractivity contribution < 1.29 is 8.42 Å². The average Bonchev–Trinajstić information content (AvgIpc) is 3.05. The molecule has 0 saturated carbocycles. The van der Waals surface area contributed by atoms with Crippen LogP contribution in [0.25, 0.3) is 10.9 Å². The molecule has 3 aliphatic rings. The van der Waals surface area contributed by atoms with E-state index in [0.29, 0.717) is 52.4 Å². The first-order valence-corrected chi connectivity index (χ1v) is 13.5. The van der Waals surface area contributed by atoms with Crippen molar-refractivity contribution in [2.45, 2.75) is 25.7 Å². The molecule has 0 bridgehead atoms. The quantitative estimate of drug-likeness (QED) is 0.742. The summed E-state index contributed by atoms with van der Waals surface area (Å²) in [5.74, 6) is 2.45. The summed E-state index contributed by atoms with van der Waals surface area (Å²) in [6.45, 7) is 7.97. The Balaban J connectivity index is 1.29. The SMILES string of the molecule is CC1c2c([nH]c3cc(Cl)c(Cl)cc23)CC2CCN(CCN3CCS(=O)(=O)CC3)CC21. The van der Waals surface area contributed by atoms with Crippen LogP contribution in [0.2, 0.25) is 10.0 Å². The van der Waals surface area contributed by atoms with Crippen molar-refractivity contribution in [1.29, 1.82) is 0 Å². The summed E-state index contributed by atoms with van der Waals surface area (Å²) in [6.07, 6.45) is 2.33. The van der Waals surface area contributed by atoms with E-state index in [9.17, 15) is 8.42 Å². The van der Waals surface area contributed by atoms with Gasteiger partial charge in [0.05, 0.1) is 21.6 Å². The van der Waals surface area contributed by atoms with Gasteiger partial charge >= 0.3 is 0 Å². The number of rotatable bonds is 3. The zero-order valence-corrected chi connectivity index (χ0v) is 19.7. The van der Waals surface area contributed by atoms with Crippen LogP contribution in [0.15, 0.2) is 12.1 Å². The topological polar surface area (TPSA) is 56.4 Å². The number of benzene rings is 1. The Morgan fingerprint density at radius 2 is 1.77 bits per heavy atom. The number of nitrogens with zero attached hydrogens (tertiary/aromatic N) is 2. The molecule has 1 aromatic carbocycles. The zero-order chi connectivity index (χ0) is 21.0. The van der Waals surface area contributed by atoms with Crippen molar-refractivity contribution in [3.8, 4) is 0 Å². The highest BCUT2D eigenvalue weighted by Crippen LogP contribution is 2.47. The highest BCUT2D eigenvalue weighted by atomic mass is 35.5. The minimum absolute atomic E-state index is 0.310. The number of H-pyrrole nitrogens is 1. The number of likely N-dealkylation sites (tertiary alicyclic amines) is 1. The van der Waals surface area contributed by atoms with Crippen LogP contribution >= 0.6 is 23.2 Å². The Bertz CT molecular complexity index is 1050. The van der Waals surface area contributed by atoms with Crippen molar-refractivity contribution in [3.05, 3.63) is 33.4 Å². The number of nitrogens with one attached hydrogen (secondary N) is 1. The van der Waals surface area contributed by atoms with Crippen molar-refractivity contribution in [3.63, 3.8) is 0 Å². The van der Waals surface area contributed by atoms with Gasteiger partial charge in [0, 0.05) is 49.3 Å². The molecule has 3 heterocycles. The molecule has 1 aliphatic carbocycles. The van der Waals surface area contributed by atoms with Crippen LogP contribution in [0.4, 0.5) is 0 Å². The lowest BCUT2D eigenvalue weighted by molar-refractivity contribution is 0.0866. The van der Waals surface area contributed by atoms with Gasteiger partial charge in [-0.2, -0.15) is 0 Å². The van der Waals surface area contributed by atoms with Crippen LogP contribution in [0.5, 0.6) is 0 Å². The summed E-state index contributed by atoms with van der Waals surface area (Å²) in [6, 6.07) is 3.98. The van der Waals surface area contributed by atoms with E-state index in [0.717, 1.165) is 38.1 Å². The van der Waals surface area contributed by atoms with E-state index in [4.69, 9.17) is 23.2 Å². The average molecular weight is 470 g/mol. The van der Waals surface area contributed by atoms with Crippen LogP contribution in [0.3, 0.4) is 0 Å². The van der Waals surface area contributed by atoms with E-state index in [2.05, 4.69) is 21.7 Å². The molecule has 3 unspecified atom stereocenters. The summed E-state index contributed by atoms with van der Waals surface area (Å²) in [7, 11) is -2.80. The van der Waals surface area contributed by atoms with Gasteiger partial charge in [-0.3, -0.25) is 0 Å². The van der Waals surface area contributed by atoms with Gasteiger partial charge in [0.1, 0.15) is 0 Å². The Kier molecular flexibility index (Phi) is 5.60. The van der Waals surface area contributed by atoms with Gasteiger partial charge < -0.3 is 14.8 Å². The maximum atomic E-state index is 11.7. The Morgan fingerprint density at radius 1 is 1.07 bits per heavy atom. The maximum Gasteiger partial charge on any atom is 0.152 e. The second kappa shape index (κ2) is 7.96. The molecule has 2 fully saturated rings. The van der Waals surface area contributed by atoms with Gasteiger partial charge in [-0.25, -0.2) is 8.42 Å². The van der Waals surface area contributed by atoms with E-state index in [1.54, 1.807) is 0 Å². The van der Waals surface area contributed by atoms with Crippen LogP contribution in [-0.2, 0) is 16.3 Å². The highest BCUT2D eigenvalue weighted by molar-refractivity contribution is 7.91. The monoisotopic (exact) mass is 469 g/mol. The third-order valence-electron chi connectivity index (χ3n) is 7.59. The standard InChI is InChI=1S/C22H29Cl2N3O2S/c1-14-17-13-27(5-4-26-6-8-30(28,29)9-7-26)3-2-15(17)10-21-22(14)16-11-18(23)19(24)12-20(16)25-21/h11-12,14-15,17,25H,2-10,13H2,1H3. The number of sulfone groups is 1. The zero-order valence-electron chi connectivity index (χ0n) is 17.3. The number of fused-ring (bicyclic) bond motifs is 4. The maximum absolute atomic E-state index is 11.7. The fourth-order valence-corrected chi connectivity index (χ4v) is 7.41. The molecule has 2 saturated heterocycles. The Hall–Kier alpha value is -0.790. The van der Waals surface area contributed by atoms with Crippen LogP contribution in [0.1, 0.15) is 30.5 Å². The summed E-state index contributed by atoms with van der Waals surface area (Å²) in [5, 5.41) is 2.44. The fourth-order valence-electron chi connectivity index (χ4n) is 5.80. The normalized spacial score (nSPS) is 29.6. The molecule has 1 N–H and O–H groups in total.